The van der Waals surface area contributed by atoms with E-state index in [2.05, 4.69) is 32.9 Å². The van der Waals surface area contributed by atoms with Crippen LogP contribution in [0, 0.1) is 13.8 Å². The van der Waals surface area contributed by atoms with Crippen LogP contribution in [-0.2, 0) is 12.0 Å². The summed E-state index contributed by atoms with van der Waals surface area (Å²) in [7, 11) is 0. The first kappa shape index (κ1) is 22.1. The Kier molecular flexibility index (Phi) is 5.20. The first-order valence-corrected chi connectivity index (χ1v) is 11.7. The summed E-state index contributed by atoms with van der Waals surface area (Å²) >= 11 is 0. The smallest absolute Gasteiger partial charge is 0.291 e. The van der Waals surface area contributed by atoms with Crippen molar-refractivity contribution in [1.29, 1.82) is 0 Å². The molecule has 3 aromatic carbocycles. The van der Waals surface area contributed by atoms with Crippen LogP contribution in [0.5, 0.6) is 0 Å². The molecule has 0 saturated heterocycles. The number of hydrogen-bond donors (Lipinski definition) is 0. The fraction of sp³-hybridized carbons (Fsp3) is 0.267. The molecule has 2 heterocycles. The van der Waals surface area contributed by atoms with Crippen molar-refractivity contribution in [2.75, 3.05) is 0 Å². The molecule has 1 aliphatic rings. The van der Waals surface area contributed by atoms with Crippen LogP contribution in [0.2, 0.25) is 0 Å². The van der Waals surface area contributed by atoms with Crippen LogP contribution in [0.1, 0.15) is 70.7 Å². The van der Waals surface area contributed by atoms with Crippen LogP contribution in [0.3, 0.4) is 0 Å². The SMILES string of the molecule is Cc1cc2oc3c(c(=O)c2cc1C)C(c1ccc(C(C)(C)C)cc1)N(Cc1ccccc1)C3=O. The lowest BCUT2D eigenvalue weighted by Gasteiger charge is -2.26. The summed E-state index contributed by atoms with van der Waals surface area (Å²) in [6.45, 7) is 10.9. The number of hydrogen-bond acceptors (Lipinski definition) is 3. The Morgan fingerprint density at radius 1 is 0.882 bits per heavy atom. The van der Waals surface area contributed by atoms with E-state index in [0.717, 1.165) is 22.3 Å². The van der Waals surface area contributed by atoms with Crippen molar-refractivity contribution in [2.24, 2.45) is 0 Å². The molecule has 0 aliphatic carbocycles. The van der Waals surface area contributed by atoms with E-state index in [9.17, 15) is 9.59 Å². The average molecular weight is 452 g/mol. The molecule has 34 heavy (non-hydrogen) atoms. The van der Waals surface area contributed by atoms with E-state index in [1.165, 1.54) is 5.56 Å². The summed E-state index contributed by atoms with van der Waals surface area (Å²) in [5, 5.41) is 0.521. The average Bonchev–Trinajstić information content (AvgIpc) is 3.07. The Hall–Kier alpha value is -3.66. The van der Waals surface area contributed by atoms with Gasteiger partial charge in [0.15, 0.2) is 5.43 Å². The molecule has 1 atom stereocenters. The third-order valence-corrected chi connectivity index (χ3v) is 6.87. The van der Waals surface area contributed by atoms with Gasteiger partial charge in [-0.2, -0.15) is 0 Å². The molecule has 0 saturated carbocycles. The maximum atomic E-state index is 13.8. The number of benzene rings is 3. The van der Waals surface area contributed by atoms with Gasteiger partial charge in [0.1, 0.15) is 5.58 Å². The van der Waals surface area contributed by atoms with Gasteiger partial charge in [0.25, 0.3) is 5.91 Å². The van der Waals surface area contributed by atoms with E-state index in [0.29, 0.717) is 23.1 Å². The van der Waals surface area contributed by atoms with Crippen molar-refractivity contribution in [2.45, 2.75) is 52.6 Å². The lowest BCUT2D eigenvalue weighted by atomic mass is 9.86. The van der Waals surface area contributed by atoms with Crippen molar-refractivity contribution >= 4 is 16.9 Å². The Balaban J connectivity index is 1.72. The first-order valence-electron chi connectivity index (χ1n) is 11.7. The zero-order valence-corrected chi connectivity index (χ0v) is 20.3. The van der Waals surface area contributed by atoms with E-state index in [1.807, 2.05) is 68.4 Å². The highest BCUT2D eigenvalue weighted by atomic mass is 16.3. The number of rotatable bonds is 3. The van der Waals surface area contributed by atoms with Crippen molar-refractivity contribution in [1.82, 2.24) is 4.90 Å². The molecule has 1 unspecified atom stereocenters. The second-order valence-corrected chi connectivity index (χ2v) is 10.3. The molecule has 4 aromatic rings. The van der Waals surface area contributed by atoms with Crippen LogP contribution >= 0.6 is 0 Å². The zero-order chi connectivity index (χ0) is 24.2. The van der Waals surface area contributed by atoms with Gasteiger partial charge in [-0.15, -0.1) is 0 Å². The molecule has 4 heteroatoms. The molecule has 1 aliphatic heterocycles. The van der Waals surface area contributed by atoms with Gasteiger partial charge in [0.05, 0.1) is 17.0 Å². The first-order chi connectivity index (χ1) is 16.1. The highest BCUT2D eigenvalue weighted by molar-refractivity contribution is 5.99. The standard InChI is InChI=1S/C30H29NO3/c1-18-15-23-24(16-19(18)2)34-28-25(27(23)32)26(21-11-13-22(14-12-21)30(3,4)5)31(29(28)33)17-20-9-7-6-8-10-20/h6-16,26H,17H2,1-5H3. The summed E-state index contributed by atoms with van der Waals surface area (Å²) in [5.74, 6) is -0.0949. The summed E-state index contributed by atoms with van der Waals surface area (Å²) in [6.07, 6.45) is 0. The van der Waals surface area contributed by atoms with Gasteiger partial charge < -0.3 is 9.32 Å². The molecule has 0 bridgehead atoms. The lowest BCUT2D eigenvalue weighted by molar-refractivity contribution is 0.0714. The highest BCUT2D eigenvalue weighted by Gasteiger charge is 2.42. The minimum Gasteiger partial charge on any atom is -0.450 e. The predicted molar refractivity (Wildman–Crippen MR) is 135 cm³/mol. The summed E-state index contributed by atoms with van der Waals surface area (Å²) in [6, 6.07) is 21.3. The number of aryl methyl sites for hydroxylation is 2. The second-order valence-electron chi connectivity index (χ2n) is 10.3. The highest BCUT2D eigenvalue weighted by Crippen LogP contribution is 2.40. The molecule has 0 spiro atoms. The minimum atomic E-state index is -0.501. The van der Waals surface area contributed by atoms with Crippen LogP contribution in [-0.4, -0.2) is 10.8 Å². The van der Waals surface area contributed by atoms with E-state index in [-0.39, 0.29) is 22.5 Å². The maximum Gasteiger partial charge on any atom is 0.291 e. The van der Waals surface area contributed by atoms with Crippen molar-refractivity contribution in [3.8, 4) is 0 Å². The Morgan fingerprint density at radius 3 is 2.18 bits per heavy atom. The monoisotopic (exact) mass is 451 g/mol. The van der Waals surface area contributed by atoms with Gasteiger partial charge in [-0.1, -0.05) is 75.4 Å². The number of carbonyl (C=O) groups is 1. The molecular weight excluding hydrogens is 422 g/mol. The Morgan fingerprint density at radius 2 is 1.53 bits per heavy atom. The van der Waals surface area contributed by atoms with E-state index in [4.69, 9.17) is 4.42 Å². The van der Waals surface area contributed by atoms with E-state index < -0.39 is 6.04 Å². The molecule has 172 valence electrons. The quantitative estimate of drug-likeness (QED) is 0.359. The minimum absolute atomic E-state index is 0.0102. The van der Waals surface area contributed by atoms with Crippen molar-refractivity contribution in [3.05, 3.63) is 116 Å². The van der Waals surface area contributed by atoms with Crippen molar-refractivity contribution < 1.29 is 9.21 Å². The topological polar surface area (TPSA) is 50.5 Å². The Labute approximate surface area is 199 Å². The third-order valence-electron chi connectivity index (χ3n) is 6.87. The summed E-state index contributed by atoms with van der Waals surface area (Å²) in [5.41, 5.74) is 5.93. The van der Waals surface area contributed by atoms with Gasteiger partial charge in [0, 0.05) is 6.54 Å². The van der Waals surface area contributed by atoms with Crippen LogP contribution in [0.4, 0.5) is 0 Å². The molecule has 0 fully saturated rings. The number of amides is 1. The molecule has 0 radical (unpaired) electrons. The molecule has 4 nitrogen and oxygen atoms in total. The largest absolute Gasteiger partial charge is 0.450 e. The molecule has 5 rings (SSSR count). The summed E-state index contributed by atoms with van der Waals surface area (Å²) in [4.78, 5) is 29.2. The normalized spacial score (nSPS) is 15.7. The number of nitrogens with zero attached hydrogens (tertiary/aromatic N) is 1. The van der Waals surface area contributed by atoms with Gasteiger partial charge >= 0.3 is 0 Å². The summed E-state index contributed by atoms with van der Waals surface area (Å²) < 4.78 is 6.14. The zero-order valence-electron chi connectivity index (χ0n) is 20.3. The van der Waals surface area contributed by atoms with Gasteiger partial charge in [-0.05, 0) is 59.2 Å². The fourth-order valence-corrected chi connectivity index (χ4v) is 4.73. The van der Waals surface area contributed by atoms with E-state index >= 15 is 0 Å². The van der Waals surface area contributed by atoms with Gasteiger partial charge in [0.2, 0.25) is 5.76 Å². The second kappa shape index (κ2) is 7.98. The third kappa shape index (κ3) is 3.63. The maximum absolute atomic E-state index is 13.8. The molecular formula is C30H29NO3. The molecule has 1 amide bonds. The van der Waals surface area contributed by atoms with Crippen molar-refractivity contribution in [3.63, 3.8) is 0 Å². The Bertz CT molecular complexity index is 1460. The van der Waals surface area contributed by atoms with Gasteiger partial charge in [-0.3, -0.25) is 9.59 Å². The van der Waals surface area contributed by atoms with Crippen LogP contribution in [0.25, 0.3) is 11.0 Å². The fourth-order valence-electron chi connectivity index (χ4n) is 4.73. The predicted octanol–water partition coefficient (Wildman–Crippen LogP) is 6.45. The lowest BCUT2D eigenvalue weighted by Crippen LogP contribution is -2.29. The number of carbonyl (C=O) groups excluding carboxylic acids is 1. The van der Waals surface area contributed by atoms with Gasteiger partial charge in [-0.25, -0.2) is 0 Å². The molecule has 1 aromatic heterocycles. The van der Waals surface area contributed by atoms with Crippen LogP contribution < -0.4 is 5.43 Å². The van der Waals surface area contributed by atoms with E-state index in [1.54, 1.807) is 4.90 Å². The molecule has 0 N–H and O–H groups in total. The number of fused-ring (bicyclic) bond motifs is 2. The van der Waals surface area contributed by atoms with Crippen LogP contribution in [0.15, 0.2) is 75.9 Å².